The van der Waals surface area contributed by atoms with E-state index in [0.29, 0.717) is 11.1 Å². The number of carbonyl (C=O) groups is 1. The van der Waals surface area contributed by atoms with Gasteiger partial charge in [-0.3, -0.25) is 0 Å². The largest absolute Gasteiger partial charge is 0.545 e. The molecule has 0 saturated carbocycles. The first-order valence-electron chi connectivity index (χ1n) is 4.85. The molecule has 0 spiro atoms. The first-order valence-corrected chi connectivity index (χ1v) is 4.85. The Morgan fingerprint density at radius 1 is 0.941 bits per heavy atom. The van der Waals surface area contributed by atoms with Crippen LogP contribution < -0.4 is 5.11 Å². The lowest BCUT2D eigenvalue weighted by Gasteiger charge is -2.07. The summed E-state index contributed by atoms with van der Waals surface area (Å²) in [6.07, 6.45) is 0. The smallest absolute Gasteiger partial charge is 0.132 e. The molecule has 0 saturated heterocycles. The predicted octanol–water partition coefficient (Wildman–Crippen LogP) is 2.00. The molecule has 0 radical (unpaired) electrons. The Morgan fingerprint density at radius 2 is 1.53 bits per heavy atom. The molecule has 2 rings (SSSR count). The number of carbonyl (C=O) groups excluding carboxylic acids is 1. The Kier molecular flexibility index (Phi) is 2.87. The highest BCUT2D eigenvalue weighted by Gasteiger charge is 2.05. The molecule has 0 amide bonds. The molecule has 0 aliphatic heterocycles. The summed E-state index contributed by atoms with van der Waals surface area (Å²) in [4.78, 5) is 10.5. The van der Waals surface area contributed by atoms with Crippen molar-refractivity contribution in [3.8, 4) is 11.1 Å². The molecule has 0 unspecified atom stereocenters. The zero-order valence-corrected chi connectivity index (χ0v) is 8.61. The number of hydrogen-bond donors (Lipinski definition) is 0. The average molecular weight is 233 g/mol. The van der Waals surface area contributed by atoms with E-state index in [9.17, 15) is 18.7 Å². The summed E-state index contributed by atoms with van der Waals surface area (Å²) < 4.78 is 26.1. The van der Waals surface area contributed by atoms with Crippen LogP contribution in [-0.4, -0.2) is 5.97 Å². The van der Waals surface area contributed by atoms with Gasteiger partial charge in [0.05, 0.1) is 5.97 Å². The fourth-order valence-electron chi connectivity index (χ4n) is 1.50. The minimum absolute atomic E-state index is 0.388. The number of rotatable bonds is 2. The highest BCUT2D eigenvalue weighted by atomic mass is 19.1. The zero-order valence-electron chi connectivity index (χ0n) is 8.61. The van der Waals surface area contributed by atoms with Gasteiger partial charge in [0.15, 0.2) is 0 Å². The third-order valence-corrected chi connectivity index (χ3v) is 2.37. The van der Waals surface area contributed by atoms with Gasteiger partial charge in [-0.25, -0.2) is 8.78 Å². The summed E-state index contributed by atoms with van der Waals surface area (Å²) in [6, 6.07) is 9.13. The maximum atomic E-state index is 13.4. The summed E-state index contributed by atoms with van der Waals surface area (Å²) in [5, 5.41) is 10.5. The van der Waals surface area contributed by atoms with Gasteiger partial charge in [-0.05, 0) is 35.4 Å². The molecule has 0 aliphatic carbocycles. The first kappa shape index (κ1) is 11.3. The number of carboxylic acids is 1. The van der Waals surface area contributed by atoms with Crippen LogP contribution in [0.25, 0.3) is 11.1 Å². The Bertz CT molecular complexity index is 562. The van der Waals surface area contributed by atoms with Crippen LogP contribution in [-0.2, 0) is 0 Å². The van der Waals surface area contributed by atoms with Crippen LogP contribution in [0.5, 0.6) is 0 Å². The lowest BCUT2D eigenvalue weighted by atomic mass is 10.0. The number of halogens is 2. The van der Waals surface area contributed by atoms with E-state index in [1.807, 2.05) is 0 Å². The van der Waals surface area contributed by atoms with Gasteiger partial charge in [0, 0.05) is 5.56 Å². The molecule has 86 valence electrons. The molecule has 0 bridgehead atoms. The molecule has 2 nitrogen and oxygen atoms in total. The summed E-state index contributed by atoms with van der Waals surface area (Å²) in [6.45, 7) is 0. The summed E-state index contributed by atoms with van der Waals surface area (Å²) in [7, 11) is 0. The van der Waals surface area contributed by atoms with E-state index in [-0.39, 0.29) is 5.82 Å². The SMILES string of the molecule is O=C([O-])c1ccc(-c2ccc(F)cc2)cc1F. The van der Waals surface area contributed by atoms with Crippen molar-refractivity contribution < 1.29 is 18.7 Å². The molecule has 0 aromatic heterocycles. The molecular formula is C13H7F2O2-. The van der Waals surface area contributed by atoms with E-state index < -0.39 is 17.3 Å². The number of hydrogen-bond acceptors (Lipinski definition) is 2. The second-order valence-electron chi connectivity index (χ2n) is 3.49. The molecule has 4 heteroatoms. The Morgan fingerprint density at radius 3 is 2.06 bits per heavy atom. The highest BCUT2D eigenvalue weighted by molar-refractivity contribution is 5.87. The first-order chi connectivity index (χ1) is 8.08. The molecule has 2 aromatic carbocycles. The Labute approximate surface area is 96.1 Å². The van der Waals surface area contributed by atoms with Gasteiger partial charge in [-0.2, -0.15) is 0 Å². The fraction of sp³-hybridized carbons (Fsp3) is 0. The molecule has 0 atom stereocenters. The third kappa shape index (κ3) is 2.30. The average Bonchev–Trinajstić information content (AvgIpc) is 2.29. The van der Waals surface area contributed by atoms with Crippen molar-refractivity contribution in [2.75, 3.05) is 0 Å². The van der Waals surface area contributed by atoms with Gasteiger partial charge < -0.3 is 9.90 Å². The topological polar surface area (TPSA) is 40.1 Å². The second-order valence-corrected chi connectivity index (χ2v) is 3.49. The zero-order chi connectivity index (χ0) is 12.4. The molecule has 2 aromatic rings. The van der Waals surface area contributed by atoms with Crippen LogP contribution in [0.3, 0.4) is 0 Å². The van der Waals surface area contributed by atoms with E-state index in [1.54, 1.807) is 0 Å². The van der Waals surface area contributed by atoms with Crippen molar-refractivity contribution in [2.45, 2.75) is 0 Å². The second kappa shape index (κ2) is 4.33. The lowest BCUT2D eigenvalue weighted by molar-refractivity contribution is -0.255. The summed E-state index contributed by atoms with van der Waals surface area (Å²) in [5.41, 5.74) is 0.596. The Hall–Kier alpha value is -2.23. The maximum absolute atomic E-state index is 13.4. The lowest BCUT2D eigenvalue weighted by Crippen LogP contribution is -2.23. The standard InChI is InChI=1S/C13H8F2O2/c14-10-4-1-8(2-5-10)9-3-6-11(13(16)17)12(15)7-9/h1-7H,(H,16,17)/p-1. The summed E-state index contributed by atoms with van der Waals surface area (Å²) in [5.74, 6) is -2.82. The number of carboxylic acid groups (broad SMARTS) is 1. The van der Waals surface area contributed by atoms with Crippen molar-refractivity contribution >= 4 is 5.97 Å². The van der Waals surface area contributed by atoms with Gasteiger partial charge in [-0.15, -0.1) is 0 Å². The van der Waals surface area contributed by atoms with Gasteiger partial charge in [0.25, 0.3) is 0 Å². The van der Waals surface area contributed by atoms with Crippen LogP contribution in [0, 0.1) is 11.6 Å². The van der Waals surface area contributed by atoms with Crippen LogP contribution in [0.2, 0.25) is 0 Å². The Balaban J connectivity index is 2.44. The van der Waals surface area contributed by atoms with Crippen molar-refractivity contribution in [2.24, 2.45) is 0 Å². The molecule has 0 aliphatic rings. The van der Waals surface area contributed by atoms with Crippen LogP contribution in [0.4, 0.5) is 8.78 Å². The van der Waals surface area contributed by atoms with E-state index in [1.165, 1.54) is 30.3 Å². The minimum atomic E-state index is -1.56. The van der Waals surface area contributed by atoms with Crippen molar-refractivity contribution in [3.05, 3.63) is 59.7 Å². The van der Waals surface area contributed by atoms with E-state index in [2.05, 4.69) is 0 Å². The normalized spacial score (nSPS) is 10.2. The van der Waals surface area contributed by atoms with Crippen LogP contribution in [0.1, 0.15) is 10.4 Å². The predicted molar refractivity (Wildman–Crippen MR) is 56.1 cm³/mol. The fourth-order valence-corrected chi connectivity index (χ4v) is 1.50. The molecule has 17 heavy (non-hydrogen) atoms. The quantitative estimate of drug-likeness (QED) is 0.795. The van der Waals surface area contributed by atoms with Gasteiger partial charge in [0.2, 0.25) is 0 Å². The third-order valence-electron chi connectivity index (χ3n) is 2.37. The van der Waals surface area contributed by atoms with Crippen LogP contribution in [0.15, 0.2) is 42.5 Å². The number of aromatic carboxylic acids is 1. The molecule has 0 N–H and O–H groups in total. The highest BCUT2D eigenvalue weighted by Crippen LogP contribution is 2.22. The van der Waals surface area contributed by atoms with Crippen molar-refractivity contribution in [3.63, 3.8) is 0 Å². The van der Waals surface area contributed by atoms with Gasteiger partial charge in [-0.1, -0.05) is 18.2 Å². The summed E-state index contributed by atoms with van der Waals surface area (Å²) >= 11 is 0. The van der Waals surface area contributed by atoms with Gasteiger partial charge in [0.1, 0.15) is 11.6 Å². The van der Waals surface area contributed by atoms with Crippen molar-refractivity contribution in [1.82, 2.24) is 0 Å². The molecular weight excluding hydrogens is 226 g/mol. The van der Waals surface area contributed by atoms with E-state index >= 15 is 0 Å². The molecule has 0 heterocycles. The van der Waals surface area contributed by atoms with Crippen LogP contribution >= 0.6 is 0 Å². The minimum Gasteiger partial charge on any atom is -0.545 e. The van der Waals surface area contributed by atoms with Gasteiger partial charge >= 0.3 is 0 Å². The molecule has 0 fully saturated rings. The maximum Gasteiger partial charge on any atom is 0.132 e. The van der Waals surface area contributed by atoms with E-state index in [4.69, 9.17) is 0 Å². The van der Waals surface area contributed by atoms with E-state index in [0.717, 1.165) is 12.1 Å². The monoisotopic (exact) mass is 233 g/mol. The number of benzene rings is 2. The van der Waals surface area contributed by atoms with Crippen molar-refractivity contribution in [1.29, 1.82) is 0 Å².